The predicted molar refractivity (Wildman–Crippen MR) is 87.3 cm³/mol. The monoisotopic (exact) mass is 323 g/mol. The first-order valence-electron chi connectivity index (χ1n) is 6.79. The zero-order valence-electron chi connectivity index (χ0n) is 12.1. The Morgan fingerprint density at radius 3 is 2.86 bits per heavy atom. The lowest BCUT2D eigenvalue weighted by atomic mass is 10.2. The number of nitrogens with one attached hydrogen (secondary N) is 1. The molecule has 1 heterocycles. The molecule has 0 aliphatic rings. The highest BCUT2D eigenvalue weighted by Crippen LogP contribution is 2.25. The molecule has 0 unspecified atom stereocenters. The quantitative estimate of drug-likeness (QED) is 0.857. The number of para-hydroxylation sites is 1. The Balaban J connectivity index is 1.91. The van der Waals surface area contributed by atoms with Gasteiger partial charge in [0.25, 0.3) is 5.91 Å². The number of hydrogen-bond donors (Lipinski definition) is 1. The van der Waals surface area contributed by atoms with E-state index in [1.165, 1.54) is 11.3 Å². The number of halogens is 1. The molecule has 0 saturated carbocycles. The summed E-state index contributed by atoms with van der Waals surface area (Å²) in [6, 6.07) is 9.20. The summed E-state index contributed by atoms with van der Waals surface area (Å²) in [5, 5.41) is 5.42. The van der Waals surface area contributed by atoms with Gasteiger partial charge in [-0.3, -0.25) is 4.79 Å². The molecule has 0 atom stereocenters. The third kappa shape index (κ3) is 4.76. The summed E-state index contributed by atoms with van der Waals surface area (Å²) in [6.07, 6.45) is 0. The van der Waals surface area contributed by atoms with Gasteiger partial charge in [-0.05, 0) is 29.5 Å². The van der Waals surface area contributed by atoms with E-state index in [-0.39, 0.29) is 5.91 Å². The van der Waals surface area contributed by atoms with Gasteiger partial charge in [-0.1, -0.05) is 37.6 Å². The first-order valence-corrected chi connectivity index (χ1v) is 8.05. The van der Waals surface area contributed by atoms with Gasteiger partial charge in [-0.15, -0.1) is 11.3 Å². The molecule has 1 amide bonds. The van der Waals surface area contributed by atoms with Gasteiger partial charge in [0, 0.05) is 12.1 Å². The number of rotatable bonds is 6. The van der Waals surface area contributed by atoms with E-state index < -0.39 is 0 Å². The molecule has 0 fully saturated rings. The molecule has 0 bridgehead atoms. The summed E-state index contributed by atoms with van der Waals surface area (Å²) in [4.78, 5) is 12.6. The van der Waals surface area contributed by atoms with E-state index in [1.807, 2.05) is 29.6 Å². The second-order valence-electron chi connectivity index (χ2n) is 5.14. The van der Waals surface area contributed by atoms with Crippen LogP contribution in [-0.4, -0.2) is 12.5 Å². The van der Waals surface area contributed by atoms with E-state index in [4.69, 9.17) is 16.3 Å². The van der Waals surface area contributed by atoms with Crippen LogP contribution in [0.3, 0.4) is 0 Å². The Hall–Kier alpha value is -1.52. The molecule has 0 spiro atoms. The smallest absolute Gasteiger partial charge is 0.261 e. The van der Waals surface area contributed by atoms with Gasteiger partial charge < -0.3 is 10.1 Å². The fourth-order valence-electron chi connectivity index (χ4n) is 1.68. The summed E-state index contributed by atoms with van der Waals surface area (Å²) in [5.41, 5.74) is 0.967. The second-order valence-corrected chi connectivity index (χ2v) is 6.46. The number of carbonyl (C=O) groups excluding carboxylic acids is 1. The van der Waals surface area contributed by atoms with Crippen molar-refractivity contribution in [1.29, 1.82) is 0 Å². The van der Waals surface area contributed by atoms with Crippen LogP contribution in [0.4, 0.5) is 0 Å². The van der Waals surface area contributed by atoms with Gasteiger partial charge in [0.2, 0.25) is 0 Å². The molecule has 0 radical (unpaired) electrons. The lowest BCUT2D eigenvalue weighted by molar-refractivity contribution is 0.0953. The molecule has 2 aromatic rings. The summed E-state index contributed by atoms with van der Waals surface area (Å²) < 4.78 is 5.66. The van der Waals surface area contributed by atoms with Crippen molar-refractivity contribution in [3.63, 3.8) is 0 Å². The lowest BCUT2D eigenvalue weighted by Crippen LogP contribution is -2.26. The molecular weight excluding hydrogens is 306 g/mol. The van der Waals surface area contributed by atoms with Gasteiger partial charge in [0.15, 0.2) is 0 Å². The van der Waals surface area contributed by atoms with Crippen LogP contribution in [0.25, 0.3) is 0 Å². The first-order chi connectivity index (χ1) is 10.1. The Morgan fingerprint density at radius 1 is 1.38 bits per heavy atom. The Morgan fingerprint density at radius 2 is 2.14 bits per heavy atom. The average Bonchev–Trinajstić information content (AvgIpc) is 2.93. The summed E-state index contributed by atoms with van der Waals surface area (Å²) in [7, 11) is 0. The third-order valence-electron chi connectivity index (χ3n) is 2.78. The maximum Gasteiger partial charge on any atom is 0.261 e. The molecule has 0 aliphatic carbocycles. The van der Waals surface area contributed by atoms with Crippen LogP contribution in [0.5, 0.6) is 5.75 Å². The zero-order chi connectivity index (χ0) is 15.2. The van der Waals surface area contributed by atoms with E-state index >= 15 is 0 Å². The molecule has 112 valence electrons. The fraction of sp³-hybridized carbons (Fsp3) is 0.312. The van der Waals surface area contributed by atoms with Crippen LogP contribution in [0.2, 0.25) is 5.02 Å². The number of hydrogen-bond acceptors (Lipinski definition) is 3. The van der Waals surface area contributed by atoms with Crippen LogP contribution in [0.15, 0.2) is 35.7 Å². The van der Waals surface area contributed by atoms with Crippen LogP contribution in [-0.2, 0) is 6.61 Å². The maximum absolute atomic E-state index is 11.9. The molecule has 5 heteroatoms. The Labute approximate surface area is 133 Å². The van der Waals surface area contributed by atoms with Crippen molar-refractivity contribution in [2.45, 2.75) is 20.5 Å². The third-order valence-corrected chi connectivity index (χ3v) is 4.07. The second kappa shape index (κ2) is 7.48. The average molecular weight is 324 g/mol. The van der Waals surface area contributed by atoms with Gasteiger partial charge in [-0.25, -0.2) is 0 Å². The number of carbonyl (C=O) groups is 1. The molecule has 0 saturated heterocycles. The SMILES string of the molecule is CC(C)CNC(=O)c1cc(COc2ccccc2Cl)cs1. The van der Waals surface area contributed by atoms with Crippen molar-refractivity contribution < 1.29 is 9.53 Å². The molecular formula is C16H18ClNO2S. The van der Waals surface area contributed by atoms with Gasteiger partial charge >= 0.3 is 0 Å². The number of amides is 1. The van der Waals surface area contributed by atoms with Crippen molar-refractivity contribution in [2.75, 3.05) is 6.54 Å². The standard InChI is InChI=1S/C16H18ClNO2S/c1-11(2)8-18-16(19)15-7-12(10-21-15)9-20-14-6-4-3-5-13(14)17/h3-7,10-11H,8-9H2,1-2H3,(H,18,19). The first kappa shape index (κ1) is 15.9. The molecule has 1 N–H and O–H groups in total. The largest absolute Gasteiger partial charge is 0.487 e. The zero-order valence-corrected chi connectivity index (χ0v) is 13.6. The van der Waals surface area contributed by atoms with Crippen molar-refractivity contribution in [3.8, 4) is 5.75 Å². The molecule has 0 aliphatic heterocycles. The van der Waals surface area contributed by atoms with Crippen molar-refractivity contribution in [3.05, 3.63) is 51.2 Å². The van der Waals surface area contributed by atoms with Crippen LogP contribution >= 0.6 is 22.9 Å². The van der Waals surface area contributed by atoms with Crippen molar-refractivity contribution in [1.82, 2.24) is 5.32 Å². The van der Waals surface area contributed by atoms with E-state index in [0.29, 0.717) is 34.7 Å². The maximum atomic E-state index is 11.9. The fourth-order valence-corrected chi connectivity index (χ4v) is 2.68. The van der Waals surface area contributed by atoms with Gasteiger partial charge in [0.05, 0.1) is 9.90 Å². The predicted octanol–water partition coefficient (Wildman–Crippen LogP) is 4.37. The molecule has 1 aromatic carbocycles. The summed E-state index contributed by atoms with van der Waals surface area (Å²) in [6.45, 7) is 5.22. The minimum atomic E-state index is -0.0299. The lowest BCUT2D eigenvalue weighted by Gasteiger charge is -2.06. The van der Waals surface area contributed by atoms with E-state index in [9.17, 15) is 4.79 Å². The van der Waals surface area contributed by atoms with Crippen LogP contribution in [0.1, 0.15) is 29.1 Å². The van der Waals surface area contributed by atoms with Crippen molar-refractivity contribution in [2.24, 2.45) is 5.92 Å². The molecule has 1 aromatic heterocycles. The minimum Gasteiger partial charge on any atom is -0.487 e. The minimum absolute atomic E-state index is 0.0299. The highest BCUT2D eigenvalue weighted by atomic mass is 35.5. The van der Waals surface area contributed by atoms with Gasteiger partial charge in [0.1, 0.15) is 12.4 Å². The van der Waals surface area contributed by atoms with Crippen molar-refractivity contribution >= 4 is 28.8 Å². The highest BCUT2D eigenvalue weighted by Gasteiger charge is 2.10. The van der Waals surface area contributed by atoms with E-state index in [2.05, 4.69) is 19.2 Å². The summed E-state index contributed by atoms with van der Waals surface area (Å²) >= 11 is 7.45. The Kier molecular flexibility index (Phi) is 5.65. The molecule has 2 rings (SSSR count). The Bertz CT molecular complexity index is 610. The van der Waals surface area contributed by atoms with E-state index in [0.717, 1.165) is 5.56 Å². The van der Waals surface area contributed by atoms with E-state index in [1.54, 1.807) is 6.07 Å². The highest BCUT2D eigenvalue weighted by molar-refractivity contribution is 7.12. The summed E-state index contributed by atoms with van der Waals surface area (Å²) in [5.74, 6) is 1.06. The number of ether oxygens (including phenoxy) is 1. The molecule has 21 heavy (non-hydrogen) atoms. The number of benzene rings is 1. The topological polar surface area (TPSA) is 38.3 Å². The normalized spacial score (nSPS) is 10.7. The number of thiophene rings is 1. The molecule has 3 nitrogen and oxygen atoms in total. The van der Waals surface area contributed by atoms with Crippen LogP contribution in [0, 0.1) is 5.92 Å². The van der Waals surface area contributed by atoms with Crippen LogP contribution < -0.4 is 10.1 Å². The van der Waals surface area contributed by atoms with Gasteiger partial charge in [-0.2, -0.15) is 0 Å².